The Labute approximate surface area is 80.1 Å². The van der Waals surface area contributed by atoms with Crippen LogP contribution >= 0.6 is 11.6 Å². The molecule has 5 nitrogen and oxygen atoms in total. The molecule has 1 N–H and O–H groups in total. The third kappa shape index (κ3) is 2.71. The molecule has 13 heavy (non-hydrogen) atoms. The molecule has 0 saturated heterocycles. The van der Waals surface area contributed by atoms with Crippen molar-refractivity contribution in [1.29, 1.82) is 0 Å². The van der Waals surface area contributed by atoms with Crippen molar-refractivity contribution in [2.24, 2.45) is 0 Å². The lowest BCUT2D eigenvalue weighted by molar-refractivity contribution is -0.420. The summed E-state index contributed by atoms with van der Waals surface area (Å²) in [5.41, 5.74) is -0.0512. The first-order valence-corrected chi connectivity index (χ1v) is 4.08. The maximum Gasteiger partial charge on any atom is 0.286 e. The molecule has 1 rings (SSSR count). The predicted molar refractivity (Wildman–Crippen MR) is 47.7 cm³/mol. The van der Waals surface area contributed by atoms with E-state index in [4.69, 9.17) is 16.7 Å². The standard InChI is InChI=1S/C7H9ClN2O3/c8-6-3-7(10(12)13)5-9(4-6)1-2-11/h3,5,11H,1-2,4H2. The van der Waals surface area contributed by atoms with Crippen molar-refractivity contribution < 1.29 is 10.0 Å². The minimum Gasteiger partial charge on any atom is -0.395 e. The quantitative estimate of drug-likeness (QED) is 0.538. The van der Waals surface area contributed by atoms with Crippen LogP contribution in [0, 0.1) is 10.1 Å². The van der Waals surface area contributed by atoms with E-state index in [1.165, 1.54) is 12.3 Å². The summed E-state index contributed by atoms with van der Waals surface area (Å²) in [7, 11) is 0. The first-order chi connectivity index (χ1) is 6.13. The number of aliphatic hydroxyl groups excluding tert-OH is 1. The molecule has 72 valence electrons. The topological polar surface area (TPSA) is 66.6 Å². The van der Waals surface area contributed by atoms with Gasteiger partial charge >= 0.3 is 0 Å². The van der Waals surface area contributed by atoms with Crippen LogP contribution in [0.4, 0.5) is 0 Å². The Bertz CT molecular complexity index is 275. The number of hydrogen-bond acceptors (Lipinski definition) is 4. The zero-order chi connectivity index (χ0) is 9.84. The van der Waals surface area contributed by atoms with Crippen LogP contribution in [0.2, 0.25) is 0 Å². The summed E-state index contributed by atoms with van der Waals surface area (Å²) < 4.78 is 0. The fourth-order valence-electron chi connectivity index (χ4n) is 1.04. The van der Waals surface area contributed by atoms with Gasteiger partial charge in [-0.25, -0.2) is 0 Å². The second kappa shape index (κ2) is 4.25. The second-order valence-corrected chi connectivity index (χ2v) is 3.08. The van der Waals surface area contributed by atoms with E-state index in [9.17, 15) is 10.1 Å². The first-order valence-electron chi connectivity index (χ1n) is 3.70. The van der Waals surface area contributed by atoms with Crippen molar-refractivity contribution in [1.82, 2.24) is 4.90 Å². The summed E-state index contributed by atoms with van der Waals surface area (Å²) >= 11 is 5.68. The van der Waals surface area contributed by atoms with Crippen LogP contribution in [0.25, 0.3) is 0 Å². The van der Waals surface area contributed by atoms with Crippen LogP contribution < -0.4 is 0 Å². The summed E-state index contributed by atoms with van der Waals surface area (Å²) in [6.45, 7) is 0.715. The highest BCUT2D eigenvalue weighted by atomic mass is 35.5. The molecule has 0 aromatic carbocycles. The van der Waals surface area contributed by atoms with Gasteiger partial charge < -0.3 is 10.0 Å². The maximum atomic E-state index is 10.4. The zero-order valence-electron chi connectivity index (χ0n) is 6.81. The van der Waals surface area contributed by atoms with E-state index in [1.807, 2.05) is 0 Å². The van der Waals surface area contributed by atoms with Gasteiger partial charge in [0.25, 0.3) is 5.70 Å². The van der Waals surface area contributed by atoms with Crippen LogP contribution in [0.3, 0.4) is 0 Å². The molecule has 0 amide bonds. The molecule has 0 aromatic heterocycles. The molecular weight excluding hydrogens is 196 g/mol. The molecule has 0 unspecified atom stereocenters. The normalized spacial score (nSPS) is 16.6. The summed E-state index contributed by atoms with van der Waals surface area (Å²) in [5, 5.41) is 19.4. The third-order valence-electron chi connectivity index (χ3n) is 1.57. The molecule has 0 aromatic rings. The van der Waals surface area contributed by atoms with Gasteiger partial charge in [0.2, 0.25) is 0 Å². The molecule has 0 bridgehead atoms. The fourth-order valence-corrected chi connectivity index (χ4v) is 1.31. The predicted octanol–water partition coefficient (Wildman–Crippen LogP) is 0.535. The molecular formula is C7H9ClN2O3. The molecule has 6 heteroatoms. The molecule has 1 heterocycles. The summed E-state index contributed by atoms with van der Waals surface area (Å²) in [6, 6.07) is 0. The van der Waals surface area contributed by atoms with Crippen LogP contribution in [-0.4, -0.2) is 34.6 Å². The van der Waals surface area contributed by atoms with E-state index in [0.717, 1.165) is 0 Å². The number of allylic oxidation sites excluding steroid dienone is 1. The first kappa shape index (κ1) is 10.0. The Kier molecular flexibility index (Phi) is 3.27. The number of aliphatic hydroxyl groups is 1. The van der Waals surface area contributed by atoms with Crippen molar-refractivity contribution in [3.05, 3.63) is 33.1 Å². The smallest absolute Gasteiger partial charge is 0.286 e. The van der Waals surface area contributed by atoms with Crippen molar-refractivity contribution in [2.75, 3.05) is 19.7 Å². The van der Waals surface area contributed by atoms with Crippen LogP contribution in [0.1, 0.15) is 0 Å². The number of rotatable bonds is 3. The molecule has 0 atom stereocenters. The van der Waals surface area contributed by atoms with Crippen molar-refractivity contribution in [3.8, 4) is 0 Å². The minimum atomic E-state index is -0.508. The van der Waals surface area contributed by atoms with E-state index < -0.39 is 4.92 Å². The molecule has 0 fully saturated rings. The number of β-amino-alcohol motifs (C(OH)–C–C–N with tert-alkyl or cyclic N) is 1. The lowest BCUT2D eigenvalue weighted by Crippen LogP contribution is -2.26. The van der Waals surface area contributed by atoms with Gasteiger partial charge in [0, 0.05) is 17.7 Å². The van der Waals surface area contributed by atoms with Gasteiger partial charge in [0.05, 0.1) is 24.3 Å². The number of nitro groups is 1. The second-order valence-electron chi connectivity index (χ2n) is 2.60. The van der Waals surface area contributed by atoms with Crippen molar-refractivity contribution in [3.63, 3.8) is 0 Å². The van der Waals surface area contributed by atoms with Gasteiger partial charge in [0.15, 0.2) is 0 Å². The molecule has 0 spiro atoms. The van der Waals surface area contributed by atoms with E-state index in [1.54, 1.807) is 4.90 Å². The van der Waals surface area contributed by atoms with Gasteiger partial charge in [-0.1, -0.05) is 11.6 Å². The van der Waals surface area contributed by atoms with Crippen molar-refractivity contribution in [2.45, 2.75) is 0 Å². The van der Waals surface area contributed by atoms with E-state index >= 15 is 0 Å². The Hall–Kier alpha value is -1.07. The summed E-state index contributed by atoms with van der Waals surface area (Å²) in [4.78, 5) is 11.5. The molecule has 0 radical (unpaired) electrons. The zero-order valence-corrected chi connectivity index (χ0v) is 7.57. The van der Waals surface area contributed by atoms with Crippen molar-refractivity contribution >= 4 is 11.6 Å². The molecule has 1 aliphatic rings. The van der Waals surface area contributed by atoms with E-state index in [-0.39, 0.29) is 12.3 Å². The summed E-state index contributed by atoms with van der Waals surface area (Å²) in [6.07, 6.45) is 2.69. The van der Waals surface area contributed by atoms with Gasteiger partial charge in [-0.2, -0.15) is 0 Å². The Morgan fingerprint density at radius 3 is 3.00 bits per heavy atom. The molecule has 0 saturated carbocycles. The summed E-state index contributed by atoms with van der Waals surface area (Å²) in [5.74, 6) is 0. The number of nitrogens with zero attached hydrogens (tertiary/aromatic N) is 2. The SMILES string of the molecule is O=[N+]([O-])C1=CN(CCO)CC(Cl)=C1. The Morgan fingerprint density at radius 1 is 1.77 bits per heavy atom. The average Bonchev–Trinajstić information content (AvgIpc) is 2.03. The lowest BCUT2D eigenvalue weighted by Gasteiger charge is -2.20. The average molecular weight is 205 g/mol. The lowest BCUT2D eigenvalue weighted by atomic mass is 10.3. The third-order valence-corrected chi connectivity index (χ3v) is 1.80. The highest BCUT2D eigenvalue weighted by Crippen LogP contribution is 2.16. The molecule has 1 aliphatic heterocycles. The van der Waals surface area contributed by atoms with E-state index in [2.05, 4.69) is 0 Å². The number of halogens is 1. The van der Waals surface area contributed by atoms with Crippen LogP contribution in [0.15, 0.2) is 23.0 Å². The van der Waals surface area contributed by atoms with Gasteiger partial charge in [-0.05, 0) is 0 Å². The van der Waals surface area contributed by atoms with Gasteiger partial charge in [0.1, 0.15) is 0 Å². The monoisotopic (exact) mass is 204 g/mol. The molecule has 0 aliphatic carbocycles. The number of hydrogen-bond donors (Lipinski definition) is 1. The Morgan fingerprint density at radius 2 is 2.46 bits per heavy atom. The van der Waals surface area contributed by atoms with Crippen LogP contribution in [-0.2, 0) is 0 Å². The maximum absolute atomic E-state index is 10.4. The highest BCUT2D eigenvalue weighted by molar-refractivity contribution is 6.30. The van der Waals surface area contributed by atoms with Gasteiger partial charge in [-0.15, -0.1) is 0 Å². The fraction of sp³-hybridized carbons (Fsp3) is 0.429. The minimum absolute atomic E-state index is 0.0499. The van der Waals surface area contributed by atoms with Crippen LogP contribution in [0.5, 0.6) is 0 Å². The highest BCUT2D eigenvalue weighted by Gasteiger charge is 2.17. The van der Waals surface area contributed by atoms with E-state index in [0.29, 0.717) is 18.1 Å². The van der Waals surface area contributed by atoms with Gasteiger partial charge in [-0.3, -0.25) is 10.1 Å². The Balaban J connectivity index is 2.75. The largest absolute Gasteiger partial charge is 0.395 e.